The predicted molar refractivity (Wildman–Crippen MR) is 116 cm³/mol. The summed E-state index contributed by atoms with van der Waals surface area (Å²) in [4.78, 5) is 26.2. The second-order valence-corrected chi connectivity index (χ2v) is 7.42. The highest BCUT2D eigenvalue weighted by molar-refractivity contribution is 6.42. The second-order valence-electron chi connectivity index (χ2n) is 6.61. The van der Waals surface area contributed by atoms with Crippen LogP contribution in [0.4, 0.5) is 0 Å². The minimum atomic E-state index is -0.384. The Morgan fingerprint density at radius 1 is 0.966 bits per heavy atom. The SMILES string of the molecule is COc1ccc2cc(CN(C)C(=O)CNC(=O)c3ccc(Cl)c(Cl)c3)ccc2c1. The van der Waals surface area contributed by atoms with E-state index in [1.165, 1.54) is 6.07 Å². The zero-order chi connectivity index (χ0) is 21.0. The van der Waals surface area contributed by atoms with Crippen LogP contribution in [0, 0.1) is 0 Å². The first-order valence-corrected chi connectivity index (χ1v) is 9.67. The summed E-state index contributed by atoms with van der Waals surface area (Å²) in [5, 5.41) is 5.40. The van der Waals surface area contributed by atoms with Crippen molar-refractivity contribution >= 4 is 45.8 Å². The Balaban J connectivity index is 1.59. The van der Waals surface area contributed by atoms with Gasteiger partial charge in [0.15, 0.2) is 0 Å². The van der Waals surface area contributed by atoms with Crippen LogP contribution in [0.2, 0.25) is 10.0 Å². The molecule has 0 heterocycles. The zero-order valence-electron chi connectivity index (χ0n) is 16.0. The Morgan fingerprint density at radius 3 is 2.41 bits per heavy atom. The number of carbonyl (C=O) groups excluding carboxylic acids is 2. The molecule has 0 spiro atoms. The van der Waals surface area contributed by atoms with Crippen LogP contribution in [0.25, 0.3) is 10.8 Å². The molecule has 150 valence electrons. The number of hydrogen-bond donors (Lipinski definition) is 1. The van der Waals surface area contributed by atoms with Gasteiger partial charge in [0.2, 0.25) is 5.91 Å². The maximum absolute atomic E-state index is 12.4. The molecule has 0 atom stereocenters. The molecule has 29 heavy (non-hydrogen) atoms. The molecule has 3 aromatic carbocycles. The largest absolute Gasteiger partial charge is 0.497 e. The van der Waals surface area contributed by atoms with E-state index in [-0.39, 0.29) is 23.4 Å². The lowest BCUT2D eigenvalue weighted by molar-refractivity contribution is -0.129. The molecule has 5 nitrogen and oxygen atoms in total. The number of methoxy groups -OCH3 is 1. The number of fused-ring (bicyclic) bond motifs is 1. The predicted octanol–water partition coefficient (Wildman–Crippen LogP) is 4.54. The number of likely N-dealkylation sites (N-methyl/N-ethyl adjacent to an activating group) is 1. The molecular weight excluding hydrogens is 411 g/mol. The lowest BCUT2D eigenvalue weighted by Crippen LogP contribution is -2.37. The monoisotopic (exact) mass is 430 g/mol. The molecule has 0 aliphatic heterocycles. The molecule has 0 aromatic heterocycles. The molecule has 3 rings (SSSR count). The standard InChI is InChI=1S/C22H20Cl2N2O3/c1-26(13-14-3-4-16-10-18(29-2)7-5-15(16)9-14)21(27)12-25-22(28)17-6-8-19(23)20(24)11-17/h3-11H,12-13H2,1-2H3,(H,25,28). The molecule has 0 aliphatic carbocycles. The molecule has 2 amide bonds. The van der Waals surface area contributed by atoms with Crippen molar-refractivity contribution in [3.05, 3.63) is 75.8 Å². The highest BCUT2D eigenvalue weighted by Crippen LogP contribution is 2.23. The number of rotatable bonds is 6. The van der Waals surface area contributed by atoms with E-state index in [0.717, 1.165) is 22.1 Å². The lowest BCUT2D eigenvalue weighted by atomic mass is 10.1. The van der Waals surface area contributed by atoms with E-state index in [4.69, 9.17) is 27.9 Å². The van der Waals surface area contributed by atoms with Crippen molar-refractivity contribution in [2.45, 2.75) is 6.54 Å². The number of ether oxygens (including phenoxy) is 1. The van der Waals surface area contributed by atoms with Gasteiger partial charge in [-0.15, -0.1) is 0 Å². The van der Waals surface area contributed by atoms with Gasteiger partial charge < -0.3 is 15.0 Å². The normalized spacial score (nSPS) is 10.6. The summed E-state index contributed by atoms with van der Waals surface area (Å²) in [6.07, 6.45) is 0. The van der Waals surface area contributed by atoms with E-state index >= 15 is 0 Å². The number of carbonyl (C=O) groups is 2. The topological polar surface area (TPSA) is 58.6 Å². The molecule has 0 fully saturated rings. The van der Waals surface area contributed by atoms with Gasteiger partial charge in [0, 0.05) is 19.2 Å². The van der Waals surface area contributed by atoms with Crippen LogP contribution in [0.5, 0.6) is 5.75 Å². The van der Waals surface area contributed by atoms with Crippen molar-refractivity contribution < 1.29 is 14.3 Å². The highest BCUT2D eigenvalue weighted by atomic mass is 35.5. The first kappa shape index (κ1) is 21.0. The fraction of sp³-hybridized carbons (Fsp3) is 0.182. The number of benzene rings is 3. The Hall–Kier alpha value is -2.76. The van der Waals surface area contributed by atoms with Crippen molar-refractivity contribution in [1.29, 1.82) is 0 Å². The Morgan fingerprint density at radius 2 is 1.69 bits per heavy atom. The average molecular weight is 431 g/mol. The summed E-state index contributed by atoms with van der Waals surface area (Å²) in [6.45, 7) is 0.323. The molecule has 0 radical (unpaired) electrons. The van der Waals surface area contributed by atoms with Gasteiger partial charge >= 0.3 is 0 Å². The fourth-order valence-electron chi connectivity index (χ4n) is 2.89. The van der Waals surface area contributed by atoms with Crippen LogP contribution in [0.3, 0.4) is 0 Å². The third-order valence-corrected chi connectivity index (χ3v) is 5.28. The summed E-state index contributed by atoms with van der Waals surface area (Å²) < 4.78 is 5.24. The summed E-state index contributed by atoms with van der Waals surface area (Å²) in [5.74, 6) is 0.216. The Labute approximate surface area is 179 Å². The third kappa shape index (κ3) is 5.19. The smallest absolute Gasteiger partial charge is 0.251 e. The number of nitrogens with one attached hydrogen (secondary N) is 1. The van der Waals surface area contributed by atoms with E-state index in [1.807, 2.05) is 36.4 Å². The molecule has 1 N–H and O–H groups in total. The summed E-state index contributed by atoms with van der Waals surface area (Å²) >= 11 is 11.8. The summed E-state index contributed by atoms with van der Waals surface area (Å²) in [7, 11) is 3.34. The summed E-state index contributed by atoms with van der Waals surface area (Å²) in [5.41, 5.74) is 1.34. The van der Waals surface area contributed by atoms with Crippen LogP contribution in [0.15, 0.2) is 54.6 Å². The average Bonchev–Trinajstić information content (AvgIpc) is 2.73. The van der Waals surface area contributed by atoms with E-state index < -0.39 is 0 Å². The van der Waals surface area contributed by atoms with Crippen molar-refractivity contribution in [3.63, 3.8) is 0 Å². The van der Waals surface area contributed by atoms with Gasteiger partial charge in [-0.1, -0.05) is 41.4 Å². The fourth-order valence-corrected chi connectivity index (χ4v) is 3.19. The Kier molecular flexibility index (Phi) is 6.62. The maximum atomic E-state index is 12.4. The lowest BCUT2D eigenvalue weighted by Gasteiger charge is -2.18. The second kappa shape index (κ2) is 9.16. The van der Waals surface area contributed by atoms with Crippen LogP contribution in [-0.2, 0) is 11.3 Å². The van der Waals surface area contributed by atoms with Crippen LogP contribution >= 0.6 is 23.2 Å². The van der Waals surface area contributed by atoms with Gasteiger partial charge in [-0.25, -0.2) is 0 Å². The summed E-state index contributed by atoms with van der Waals surface area (Å²) in [6, 6.07) is 16.4. The van der Waals surface area contributed by atoms with Gasteiger partial charge in [0.1, 0.15) is 5.75 Å². The molecule has 0 unspecified atom stereocenters. The Bertz CT molecular complexity index is 1070. The first-order chi connectivity index (χ1) is 13.9. The van der Waals surface area contributed by atoms with Crippen molar-refractivity contribution in [1.82, 2.24) is 10.2 Å². The molecule has 3 aromatic rings. The molecule has 0 saturated carbocycles. The van der Waals surface area contributed by atoms with Crippen molar-refractivity contribution in [2.75, 3.05) is 20.7 Å². The molecule has 0 saturated heterocycles. The van der Waals surface area contributed by atoms with Crippen molar-refractivity contribution in [3.8, 4) is 5.75 Å². The van der Waals surface area contributed by atoms with E-state index in [9.17, 15) is 9.59 Å². The van der Waals surface area contributed by atoms with Gasteiger partial charge in [0.25, 0.3) is 5.91 Å². The first-order valence-electron chi connectivity index (χ1n) is 8.91. The minimum Gasteiger partial charge on any atom is -0.497 e. The van der Waals surface area contributed by atoms with Crippen LogP contribution in [-0.4, -0.2) is 37.4 Å². The van der Waals surface area contributed by atoms with Gasteiger partial charge in [-0.2, -0.15) is 0 Å². The van der Waals surface area contributed by atoms with Crippen LogP contribution < -0.4 is 10.1 Å². The number of hydrogen-bond acceptors (Lipinski definition) is 3. The van der Waals surface area contributed by atoms with Gasteiger partial charge in [0.05, 0.1) is 23.7 Å². The van der Waals surface area contributed by atoms with Crippen molar-refractivity contribution in [2.24, 2.45) is 0 Å². The van der Waals surface area contributed by atoms with Gasteiger partial charge in [-0.3, -0.25) is 9.59 Å². The number of amides is 2. The highest BCUT2D eigenvalue weighted by Gasteiger charge is 2.13. The minimum absolute atomic E-state index is 0.111. The van der Waals surface area contributed by atoms with E-state index in [1.54, 1.807) is 31.2 Å². The van der Waals surface area contributed by atoms with Crippen LogP contribution in [0.1, 0.15) is 15.9 Å². The number of halogens is 2. The molecule has 7 heteroatoms. The molecular formula is C22H20Cl2N2O3. The molecule has 0 aliphatic rings. The van der Waals surface area contributed by atoms with E-state index in [0.29, 0.717) is 17.1 Å². The number of nitrogens with zero attached hydrogens (tertiary/aromatic N) is 1. The zero-order valence-corrected chi connectivity index (χ0v) is 17.6. The van der Waals surface area contributed by atoms with Gasteiger partial charge in [-0.05, 0) is 52.7 Å². The van der Waals surface area contributed by atoms with E-state index in [2.05, 4.69) is 5.32 Å². The quantitative estimate of drug-likeness (QED) is 0.624. The third-order valence-electron chi connectivity index (χ3n) is 4.54. The maximum Gasteiger partial charge on any atom is 0.251 e. The molecule has 0 bridgehead atoms.